The van der Waals surface area contributed by atoms with Crippen LogP contribution < -0.4 is 15.8 Å². The molecule has 0 unspecified atom stereocenters. The largest absolute Gasteiger partial charge is 0.488 e. The van der Waals surface area contributed by atoms with E-state index in [0.29, 0.717) is 24.2 Å². The number of aromatic nitrogens is 2. The number of rotatable bonds is 11. The number of aryl methyl sites for hydroxylation is 1. The van der Waals surface area contributed by atoms with Crippen molar-refractivity contribution in [3.05, 3.63) is 42.1 Å². The molecule has 2 aromatic rings. The molecule has 0 aliphatic rings. The van der Waals surface area contributed by atoms with Crippen molar-refractivity contribution < 1.29 is 4.74 Å². The first-order chi connectivity index (χ1) is 12.2. The van der Waals surface area contributed by atoms with Crippen LogP contribution in [0.2, 0.25) is 0 Å². The lowest BCUT2D eigenvalue weighted by Gasteiger charge is -2.19. The number of unbranched alkanes of at least 4 members (excludes halogenated alkanes) is 1. The summed E-state index contributed by atoms with van der Waals surface area (Å²) in [7, 11) is 0. The van der Waals surface area contributed by atoms with E-state index in [4.69, 9.17) is 10.5 Å². The second-order valence-electron chi connectivity index (χ2n) is 6.27. The monoisotopic (exact) mass is 342 g/mol. The van der Waals surface area contributed by atoms with Crippen molar-refractivity contribution in [3.8, 4) is 5.75 Å². The smallest absolute Gasteiger partial charge is 0.222 e. The third-order valence-electron chi connectivity index (χ3n) is 4.22. The van der Waals surface area contributed by atoms with Crippen molar-refractivity contribution >= 4 is 11.8 Å². The van der Waals surface area contributed by atoms with E-state index in [2.05, 4.69) is 53.4 Å². The molecule has 5 heteroatoms. The SMILES string of the molecule is CCCC[C@@H](CC)Nc1nc(N)ncc1OCCCc1ccccc1. The van der Waals surface area contributed by atoms with E-state index in [1.165, 1.54) is 18.4 Å². The Morgan fingerprint density at radius 2 is 1.96 bits per heavy atom. The van der Waals surface area contributed by atoms with Crippen LogP contribution in [0.15, 0.2) is 36.5 Å². The molecule has 1 heterocycles. The van der Waals surface area contributed by atoms with Gasteiger partial charge in [-0.05, 0) is 31.2 Å². The van der Waals surface area contributed by atoms with Gasteiger partial charge in [0.15, 0.2) is 11.6 Å². The minimum atomic E-state index is 0.268. The fourth-order valence-corrected chi connectivity index (χ4v) is 2.72. The van der Waals surface area contributed by atoms with Gasteiger partial charge in [0.2, 0.25) is 5.95 Å². The van der Waals surface area contributed by atoms with Crippen LogP contribution in [0.5, 0.6) is 5.75 Å². The number of ether oxygens (including phenoxy) is 1. The maximum Gasteiger partial charge on any atom is 0.222 e. The van der Waals surface area contributed by atoms with Crippen molar-refractivity contribution in [2.75, 3.05) is 17.7 Å². The van der Waals surface area contributed by atoms with E-state index in [1.807, 2.05) is 6.07 Å². The molecule has 0 aliphatic carbocycles. The number of hydrogen-bond donors (Lipinski definition) is 2. The summed E-state index contributed by atoms with van der Waals surface area (Å²) in [5, 5.41) is 3.48. The topological polar surface area (TPSA) is 73.1 Å². The van der Waals surface area contributed by atoms with E-state index in [1.54, 1.807) is 6.20 Å². The number of benzene rings is 1. The molecule has 5 nitrogen and oxygen atoms in total. The average molecular weight is 342 g/mol. The molecule has 0 bridgehead atoms. The molecular weight excluding hydrogens is 312 g/mol. The molecule has 1 aromatic heterocycles. The number of nitrogens with one attached hydrogen (secondary N) is 1. The summed E-state index contributed by atoms with van der Waals surface area (Å²) in [6.45, 7) is 5.01. The molecule has 136 valence electrons. The fraction of sp³-hybridized carbons (Fsp3) is 0.500. The Bertz CT molecular complexity index is 618. The van der Waals surface area contributed by atoms with Gasteiger partial charge in [0.25, 0.3) is 0 Å². The summed E-state index contributed by atoms with van der Waals surface area (Å²) in [4.78, 5) is 8.41. The van der Waals surface area contributed by atoms with Gasteiger partial charge in [0.05, 0.1) is 12.8 Å². The fourth-order valence-electron chi connectivity index (χ4n) is 2.72. The molecule has 0 spiro atoms. The van der Waals surface area contributed by atoms with Gasteiger partial charge in [-0.3, -0.25) is 0 Å². The molecular formula is C20H30N4O. The molecule has 0 saturated heterocycles. The van der Waals surface area contributed by atoms with E-state index < -0.39 is 0 Å². The van der Waals surface area contributed by atoms with Gasteiger partial charge < -0.3 is 15.8 Å². The van der Waals surface area contributed by atoms with Gasteiger partial charge in [-0.2, -0.15) is 4.98 Å². The second-order valence-corrected chi connectivity index (χ2v) is 6.27. The van der Waals surface area contributed by atoms with Gasteiger partial charge in [-0.15, -0.1) is 0 Å². The van der Waals surface area contributed by atoms with Gasteiger partial charge in [-0.25, -0.2) is 4.98 Å². The lowest BCUT2D eigenvalue weighted by atomic mass is 10.1. The first-order valence-electron chi connectivity index (χ1n) is 9.28. The standard InChI is InChI=1S/C20H30N4O/c1-3-5-13-17(4-2)23-19-18(15-22-20(21)24-19)25-14-9-12-16-10-7-6-8-11-16/h6-8,10-11,15,17H,3-5,9,12-14H2,1-2H3,(H3,21,22,23,24)/t17-/m1/s1. The number of anilines is 2. The lowest BCUT2D eigenvalue weighted by molar-refractivity contribution is 0.310. The summed E-state index contributed by atoms with van der Waals surface area (Å²) in [6, 6.07) is 10.8. The molecule has 0 saturated carbocycles. The number of nitrogen functional groups attached to an aromatic ring is 1. The minimum absolute atomic E-state index is 0.268. The quantitative estimate of drug-likeness (QED) is 0.590. The number of hydrogen-bond acceptors (Lipinski definition) is 5. The van der Waals surface area contributed by atoms with Crippen LogP contribution in [0.1, 0.15) is 51.5 Å². The van der Waals surface area contributed by atoms with Gasteiger partial charge in [0.1, 0.15) is 0 Å². The normalized spacial score (nSPS) is 11.9. The highest BCUT2D eigenvalue weighted by Crippen LogP contribution is 2.24. The highest BCUT2D eigenvalue weighted by Gasteiger charge is 2.12. The second kappa shape index (κ2) is 10.5. The van der Waals surface area contributed by atoms with Crippen molar-refractivity contribution in [1.82, 2.24) is 9.97 Å². The minimum Gasteiger partial charge on any atom is -0.488 e. The molecule has 25 heavy (non-hydrogen) atoms. The summed E-state index contributed by atoms with van der Waals surface area (Å²) >= 11 is 0. The van der Waals surface area contributed by atoms with Crippen LogP contribution in [0.3, 0.4) is 0 Å². The van der Waals surface area contributed by atoms with Crippen LogP contribution >= 0.6 is 0 Å². The lowest BCUT2D eigenvalue weighted by Crippen LogP contribution is -2.20. The Morgan fingerprint density at radius 3 is 2.68 bits per heavy atom. The van der Waals surface area contributed by atoms with E-state index in [-0.39, 0.29) is 5.95 Å². The predicted octanol–water partition coefficient (Wildman–Crippen LogP) is 4.45. The molecule has 2 rings (SSSR count). The first kappa shape index (κ1) is 19.0. The first-order valence-corrected chi connectivity index (χ1v) is 9.28. The van der Waals surface area contributed by atoms with Crippen molar-refractivity contribution in [2.24, 2.45) is 0 Å². The Kier molecular flexibility index (Phi) is 8.02. The molecule has 1 atom stereocenters. The third kappa shape index (κ3) is 6.61. The van der Waals surface area contributed by atoms with Crippen LogP contribution in [0, 0.1) is 0 Å². The van der Waals surface area contributed by atoms with Crippen LogP contribution in [0.25, 0.3) is 0 Å². The summed E-state index contributed by atoms with van der Waals surface area (Å²) in [6.07, 6.45) is 8.14. The van der Waals surface area contributed by atoms with Crippen LogP contribution in [-0.4, -0.2) is 22.6 Å². The molecule has 0 fully saturated rings. The van der Waals surface area contributed by atoms with Crippen molar-refractivity contribution in [1.29, 1.82) is 0 Å². The zero-order chi connectivity index (χ0) is 17.9. The number of nitrogens with two attached hydrogens (primary N) is 1. The Hall–Kier alpha value is -2.30. The van der Waals surface area contributed by atoms with Gasteiger partial charge >= 0.3 is 0 Å². The Labute approximate surface area is 151 Å². The molecule has 0 aliphatic heterocycles. The van der Waals surface area contributed by atoms with E-state index in [0.717, 1.165) is 25.7 Å². The molecule has 3 N–H and O–H groups in total. The molecule has 0 radical (unpaired) electrons. The zero-order valence-corrected chi connectivity index (χ0v) is 15.4. The number of nitrogens with zero attached hydrogens (tertiary/aromatic N) is 2. The summed E-state index contributed by atoms with van der Waals surface area (Å²) in [5.41, 5.74) is 7.08. The van der Waals surface area contributed by atoms with Crippen molar-refractivity contribution in [2.45, 2.75) is 58.4 Å². The Morgan fingerprint density at radius 1 is 1.16 bits per heavy atom. The van der Waals surface area contributed by atoms with E-state index >= 15 is 0 Å². The van der Waals surface area contributed by atoms with Gasteiger partial charge in [-0.1, -0.05) is 57.0 Å². The molecule has 0 amide bonds. The zero-order valence-electron chi connectivity index (χ0n) is 15.4. The van der Waals surface area contributed by atoms with Crippen LogP contribution in [0.4, 0.5) is 11.8 Å². The molecule has 1 aromatic carbocycles. The highest BCUT2D eigenvalue weighted by atomic mass is 16.5. The highest BCUT2D eigenvalue weighted by molar-refractivity contribution is 5.51. The maximum atomic E-state index is 5.92. The van der Waals surface area contributed by atoms with Crippen molar-refractivity contribution in [3.63, 3.8) is 0 Å². The van der Waals surface area contributed by atoms with Crippen LogP contribution in [-0.2, 0) is 6.42 Å². The maximum absolute atomic E-state index is 5.92. The summed E-state index contributed by atoms with van der Waals surface area (Å²) in [5.74, 6) is 1.65. The Balaban J connectivity index is 1.90. The average Bonchev–Trinajstić information content (AvgIpc) is 2.64. The van der Waals surface area contributed by atoms with E-state index in [9.17, 15) is 0 Å². The predicted molar refractivity (Wildman–Crippen MR) is 104 cm³/mol. The third-order valence-corrected chi connectivity index (χ3v) is 4.22. The van der Waals surface area contributed by atoms with Gasteiger partial charge in [0, 0.05) is 6.04 Å². The summed E-state index contributed by atoms with van der Waals surface area (Å²) < 4.78 is 5.92.